The molecule has 2 aromatic carbocycles. The predicted octanol–water partition coefficient (Wildman–Crippen LogP) is 1.80. The Morgan fingerprint density at radius 1 is 0.968 bits per heavy atom. The van der Waals surface area contributed by atoms with Gasteiger partial charge in [0.25, 0.3) is 17.7 Å². The summed E-state index contributed by atoms with van der Waals surface area (Å²) in [5, 5.41) is 12.4. The smallest absolute Gasteiger partial charge is 0.261 e. The Bertz CT molecular complexity index is 1010. The van der Waals surface area contributed by atoms with Crippen LogP contribution in [0.15, 0.2) is 48.5 Å². The lowest BCUT2D eigenvalue weighted by molar-refractivity contribution is -0.132. The molecule has 2 heterocycles. The van der Waals surface area contributed by atoms with Crippen molar-refractivity contribution in [1.29, 1.82) is 0 Å². The molecule has 8 nitrogen and oxygen atoms in total. The minimum absolute atomic E-state index is 0.0335. The largest absolute Gasteiger partial charge is 0.508 e. The summed E-state index contributed by atoms with van der Waals surface area (Å²) < 4.78 is 0. The van der Waals surface area contributed by atoms with Crippen molar-refractivity contribution < 1.29 is 24.3 Å². The Morgan fingerprint density at radius 3 is 2.23 bits per heavy atom. The van der Waals surface area contributed by atoms with E-state index in [-0.39, 0.29) is 48.4 Å². The number of amides is 4. The Morgan fingerprint density at radius 2 is 1.61 bits per heavy atom. The number of carbonyl (C=O) groups excluding carboxylic acids is 4. The number of piperidine rings is 1. The van der Waals surface area contributed by atoms with Gasteiger partial charge in [-0.2, -0.15) is 0 Å². The Hall–Kier alpha value is -3.68. The van der Waals surface area contributed by atoms with Crippen LogP contribution in [0, 0.1) is 0 Å². The zero-order chi connectivity index (χ0) is 22.0. The van der Waals surface area contributed by atoms with E-state index < -0.39 is 0 Å². The van der Waals surface area contributed by atoms with Gasteiger partial charge < -0.3 is 15.3 Å². The average Bonchev–Trinajstić information content (AvgIpc) is 3.02. The van der Waals surface area contributed by atoms with Crippen LogP contribution >= 0.6 is 0 Å². The highest BCUT2D eigenvalue weighted by atomic mass is 16.3. The summed E-state index contributed by atoms with van der Waals surface area (Å²) in [6, 6.07) is 12.8. The SMILES string of the molecule is O=C(NC1CCN(C(=O)CCN2C(=O)c3ccccc3C2=O)CC1)c1cccc(O)c1. The van der Waals surface area contributed by atoms with Gasteiger partial charge in [-0.15, -0.1) is 0 Å². The van der Waals surface area contributed by atoms with Crippen LogP contribution in [0.2, 0.25) is 0 Å². The number of imide groups is 1. The van der Waals surface area contributed by atoms with Gasteiger partial charge in [-0.1, -0.05) is 18.2 Å². The summed E-state index contributed by atoms with van der Waals surface area (Å²) >= 11 is 0. The van der Waals surface area contributed by atoms with Crippen LogP contribution in [0.1, 0.15) is 50.3 Å². The molecule has 0 atom stereocenters. The fraction of sp³-hybridized carbons (Fsp3) is 0.304. The standard InChI is InChI=1S/C23H23N3O5/c27-17-5-3-4-15(14-17)21(29)24-16-8-11-25(12-9-16)20(28)10-13-26-22(30)18-6-1-2-7-19(18)23(26)31/h1-7,14,16,27H,8-13H2,(H,24,29). The van der Waals surface area contributed by atoms with Gasteiger partial charge in [0.2, 0.25) is 5.91 Å². The van der Waals surface area contributed by atoms with Gasteiger partial charge in [-0.3, -0.25) is 24.1 Å². The topological polar surface area (TPSA) is 107 Å². The molecule has 31 heavy (non-hydrogen) atoms. The van der Waals surface area contributed by atoms with E-state index in [0.717, 1.165) is 4.90 Å². The van der Waals surface area contributed by atoms with Crippen LogP contribution in [0.5, 0.6) is 5.75 Å². The van der Waals surface area contributed by atoms with Crippen LogP contribution in [0.3, 0.4) is 0 Å². The molecule has 0 aromatic heterocycles. The monoisotopic (exact) mass is 421 g/mol. The van der Waals surface area contributed by atoms with Crippen molar-refractivity contribution in [3.63, 3.8) is 0 Å². The van der Waals surface area contributed by atoms with Gasteiger partial charge >= 0.3 is 0 Å². The van der Waals surface area contributed by atoms with Crippen LogP contribution in [-0.2, 0) is 4.79 Å². The number of likely N-dealkylation sites (tertiary alicyclic amines) is 1. The van der Waals surface area contributed by atoms with E-state index in [0.29, 0.717) is 42.6 Å². The van der Waals surface area contributed by atoms with Gasteiger partial charge in [0.15, 0.2) is 0 Å². The Labute approximate surface area is 179 Å². The van der Waals surface area contributed by atoms with Crippen molar-refractivity contribution in [2.24, 2.45) is 0 Å². The fourth-order valence-electron chi connectivity index (χ4n) is 4.00. The maximum absolute atomic E-state index is 12.6. The van der Waals surface area contributed by atoms with Crippen LogP contribution in [0.4, 0.5) is 0 Å². The maximum Gasteiger partial charge on any atom is 0.261 e. The molecule has 4 amide bonds. The lowest BCUT2D eigenvalue weighted by Gasteiger charge is -2.32. The van der Waals surface area contributed by atoms with E-state index in [2.05, 4.69) is 5.32 Å². The predicted molar refractivity (Wildman–Crippen MR) is 112 cm³/mol. The van der Waals surface area contributed by atoms with Crippen molar-refractivity contribution in [1.82, 2.24) is 15.1 Å². The number of nitrogens with zero attached hydrogens (tertiary/aromatic N) is 2. The number of carbonyl (C=O) groups is 4. The lowest BCUT2D eigenvalue weighted by Crippen LogP contribution is -2.47. The molecule has 0 bridgehead atoms. The number of aromatic hydroxyl groups is 1. The summed E-state index contributed by atoms with van der Waals surface area (Å²) in [4.78, 5) is 52.5. The first kappa shape index (κ1) is 20.6. The highest BCUT2D eigenvalue weighted by Crippen LogP contribution is 2.23. The molecule has 0 saturated carbocycles. The zero-order valence-corrected chi connectivity index (χ0v) is 16.9. The molecule has 4 rings (SSSR count). The van der Waals surface area contributed by atoms with E-state index in [1.807, 2.05) is 0 Å². The van der Waals surface area contributed by atoms with E-state index >= 15 is 0 Å². The summed E-state index contributed by atoms with van der Waals surface area (Å²) in [6.07, 6.45) is 1.30. The molecule has 8 heteroatoms. The normalized spacial score (nSPS) is 16.4. The first-order chi connectivity index (χ1) is 14.9. The quantitative estimate of drug-likeness (QED) is 0.716. The second kappa shape index (κ2) is 8.59. The molecule has 2 aromatic rings. The highest BCUT2D eigenvalue weighted by molar-refractivity contribution is 6.21. The van der Waals surface area contributed by atoms with Crippen molar-refractivity contribution in [3.8, 4) is 5.75 Å². The third kappa shape index (κ3) is 4.28. The lowest BCUT2D eigenvalue weighted by atomic mass is 10.0. The summed E-state index contributed by atoms with van der Waals surface area (Å²) in [5.74, 6) is -1.06. The van der Waals surface area contributed by atoms with Gasteiger partial charge in [0.1, 0.15) is 5.75 Å². The number of hydrogen-bond donors (Lipinski definition) is 2. The molecule has 2 N–H and O–H groups in total. The number of rotatable bonds is 5. The molecular weight excluding hydrogens is 398 g/mol. The number of fused-ring (bicyclic) bond motifs is 1. The summed E-state index contributed by atoms with van der Waals surface area (Å²) in [5.41, 5.74) is 1.14. The van der Waals surface area contributed by atoms with Gasteiger partial charge in [0.05, 0.1) is 11.1 Å². The van der Waals surface area contributed by atoms with Gasteiger partial charge in [-0.25, -0.2) is 0 Å². The molecule has 1 fully saturated rings. The average molecular weight is 421 g/mol. The Kier molecular flexibility index (Phi) is 5.70. The van der Waals surface area contributed by atoms with Crippen LogP contribution in [0.25, 0.3) is 0 Å². The van der Waals surface area contributed by atoms with Crippen LogP contribution in [-0.4, -0.2) is 64.2 Å². The van der Waals surface area contributed by atoms with E-state index in [4.69, 9.17) is 0 Å². The second-order valence-electron chi connectivity index (χ2n) is 7.74. The molecule has 2 aliphatic rings. The number of phenolic OH excluding ortho intramolecular Hbond substituents is 1. The molecule has 0 radical (unpaired) electrons. The first-order valence-electron chi connectivity index (χ1n) is 10.3. The van der Waals surface area contributed by atoms with E-state index in [9.17, 15) is 24.3 Å². The Balaban J connectivity index is 1.25. The van der Waals surface area contributed by atoms with Crippen molar-refractivity contribution >= 4 is 23.6 Å². The number of benzene rings is 2. The highest BCUT2D eigenvalue weighted by Gasteiger charge is 2.35. The number of phenols is 1. The van der Waals surface area contributed by atoms with E-state index in [1.54, 1.807) is 41.3 Å². The molecule has 2 aliphatic heterocycles. The molecule has 1 saturated heterocycles. The van der Waals surface area contributed by atoms with Crippen LogP contribution < -0.4 is 5.32 Å². The van der Waals surface area contributed by atoms with Crippen molar-refractivity contribution in [2.75, 3.05) is 19.6 Å². The van der Waals surface area contributed by atoms with Crippen molar-refractivity contribution in [3.05, 3.63) is 65.2 Å². The number of nitrogens with one attached hydrogen (secondary N) is 1. The molecule has 0 unspecified atom stereocenters. The molecule has 160 valence electrons. The molecular formula is C23H23N3O5. The second-order valence-corrected chi connectivity index (χ2v) is 7.74. The first-order valence-corrected chi connectivity index (χ1v) is 10.3. The zero-order valence-electron chi connectivity index (χ0n) is 16.9. The number of hydrogen-bond acceptors (Lipinski definition) is 5. The molecule has 0 spiro atoms. The maximum atomic E-state index is 12.6. The minimum Gasteiger partial charge on any atom is -0.508 e. The third-order valence-corrected chi connectivity index (χ3v) is 5.72. The van der Waals surface area contributed by atoms with Crippen molar-refractivity contribution in [2.45, 2.75) is 25.3 Å². The van der Waals surface area contributed by atoms with Gasteiger partial charge in [-0.05, 0) is 43.2 Å². The van der Waals surface area contributed by atoms with Gasteiger partial charge in [0, 0.05) is 37.7 Å². The molecule has 0 aliphatic carbocycles. The minimum atomic E-state index is -0.359. The third-order valence-electron chi connectivity index (χ3n) is 5.72. The fourth-order valence-corrected chi connectivity index (χ4v) is 4.00. The summed E-state index contributed by atoms with van der Waals surface area (Å²) in [6.45, 7) is 1.04. The summed E-state index contributed by atoms with van der Waals surface area (Å²) in [7, 11) is 0. The van der Waals surface area contributed by atoms with E-state index in [1.165, 1.54) is 12.1 Å².